The van der Waals surface area contributed by atoms with Gasteiger partial charge in [0.15, 0.2) is 0 Å². The van der Waals surface area contributed by atoms with Crippen molar-refractivity contribution >= 4 is 17.5 Å². The number of carbonyl (C=O) groups excluding carboxylic acids is 2. The molecule has 2 aliphatic carbocycles. The third-order valence-electron chi connectivity index (χ3n) is 6.08. The number of hydrogen-bond acceptors (Lipinski definition) is 2. The first kappa shape index (κ1) is 18.0. The summed E-state index contributed by atoms with van der Waals surface area (Å²) in [6, 6.07) is 7.74. The predicted molar refractivity (Wildman–Crippen MR) is 99.9 cm³/mol. The summed E-state index contributed by atoms with van der Waals surface area (Å²) in [5.41, 5.74) is 1.81. The zero-order valence-electron chi connectivity index (χ0n) is 15.4. The fraction of sp³-hybridized carbons (Fsp3) is 0.619. The second-order valence-electron chi connectivity index (χ2n) is 7.91. The van der Waals surface area contributed by atoms with Gasteiger partial charge < -0.3 is 10.6 Å². The van der Waals surface area contributed by atoms with E-state index in [1.807, 2.05) is 38.1 Å². The van der Waals surface area contributed by atoms with Crippen molar-refractivity contribution in [2.45, 2.75) is 58.9 Å². The Morgan fingerprint density at radius 1 is 1.24 bits per heavy atom. The first-order valence-electron chi connectivity index (χ1n) is 9.71. The average molecular weight is 342 g/mol. The van der Waals surface area contributed by atoms with E-state index in [2.05, 4.69) is 10.6 Å². The number of amides is 2. The van der Waals surface area contributed by atoms with Crippen LogP contribution in [-0.2, 0) is 16.1 Å². The summed E-state index contributed by atoms with van der Waals surface area (Å²) >= 11 is 0. The molecule has 0 spiro atoms. The topological polar surface area (TPSA) is 58.2 Å². The van der Waals surface area contributed by atoms with Crippen LogP contribution >= 0.6 is 0 Å². The zero-order valence-corrected chi connectivity index (χ0v) is 15.4. The van der Waals surface area contributed by atoms with E-state index in [4.69, 9.17) is 0 Å². The molecule has 25 heavy (non-hydrogen) atoms. The van der Waals surface area contributed by atoms with Crippen molar-refractivity contribution in [3.8, 4) is 0 Å². The van der Waals surface area contributed by atoms with Crippen LogP contribution in [0.4, 0.5) is 5.69 Å². The highest BCUT2D eigenvalue weighted by Crippen LogP contribution is 2.49. The highest BCUT2D eigenvalue weighted by Gasteiger charge is 2.39. The number of rotatable bonds is 7. The largest absolute Gasteiger partial charge is 0.352 e. The molecule has 0 heterocycles. The van der Waals surface area contributed by atoms with Gasteiger partial charge in [-0.1, -0.05) is 32.4 Å². The summed E-state index contributed by atoms with van der Waals surface area (Å²) in [5.74, 6) is 2.47. The number of hydrogen-bond donors (Lipinski definition) is 2. The van der Waals surface area contributed by atoms with E-state index in [-0.39, 0.29) is 17.7 Å². The molecule has 2 bridgehead atoms. The van der Waals surface area contributed by atoms with Gasteiger partial charge in [-0.15, -0.1) is 0 Å². The van der Waals surface area contributed by atoms with Gasteiger partial charge in [0.2, 0.25) is 11.8 Å². The second kappa shape index (κ2) is 8.03. The highest BCUT2D eigenvalue weighted by atomic mass is 16.2. The van der Waals surface area contributed by atoms with Gasteiger partial charge in [-0.3, -0.25) is 9.59 Å². The Morgan fingerprint density at radius 2 is 2.08 bits per heavy atom. The van der Waals surface area contributed by atoms with Crippen molar-refractivity contribution in [1.29, 1.82) is 0 Å². The molecule has 0 aromatic heterocycles. The summed E-state index contributed by atoms with van der Waals surface area (Å²) in [4.78, 5) is 24.3. The van der Waals surface area contributed by atoms with Gasteiger partial charge in [-0.25, -0.2) is 0 Å². The molecular formula is C21H30N2O2. The Morgan fingerprint density at radius 3 is 2.76 bits per heavy atom. The Hall–Kier alpha value is -1.84. The van der Waals surface area contributed by atoms with Gasteiger partial charge in [-0.2, -0.15) is 0 Å². The highest BCUT2D eigenvalue weighted by molar-refractivity contribution is 5.92. The lowest BCUT2D eigenvalue weighted by atomic mass is 9.86. The fourth-order valence-corrected chi connectivity index (χ4v) is 4.35. The normalized spacial score (nSPS) is 25.6. The third-order valence-corrected chi connectivity index (χ3v) is 6.08. The summed E-state index contributed by atoms with van der Waals surface area (Å²) in [5, 5.41) is 5.99. The Labute approximate surface area is 150 Å². The zero-order chi connectivity index (χ0) is 17.8. The van der Waals surface area contributed by atoms with Gasteiger partial charge in [0.25, 0.3) is 0 Å². The van der Waals surface area contributed by atoms with Crippen molar-refractivity contribution in [1.82, 2.24) is 5.32 Å². The van der Waals surface area contributed by atoms with Crippen molar-refractivity contribution in [2.24, 2.45) is 23.7 Å². The van der Waals surface area contributed by atoms with Crippen LogP contribution in [0.1, 0.15) is 57.9 Å². The van der Waals surface area contributed by atoms with E-state index in [0.717, 1.165) is 29.5 Å². The molecule has 4 nitrogen and oxygen atoms in total. The van der Waals surface area contributed by atoms with Gasteiger partial charge in [0.1, 0.15) is 0 Å². The minimum absolute atomic E-state index is 0.00472. The maximum Gasteiger partial charge on any atom is 0.227 e. The minimum Gasteiger partial charge on any atom is -0.352 e. The van der Waals surface area contributed by atoms with Gasteiger partial charge in [0, 0.05) is 24.6 Å². The van der Waals surface area contributed by atoms with Crippen LogP contribution in [0.25, 0.3) is 0 Å². The average Bonchev–Trinajstić information content (AvgIpc) is 3.22. The minimum atomic E-state index is 0.00472. The molecular weight excluding hydrogens is 312 g/mol. The van der Waals surface area contributed by atoms with Crippen LogP contribution in [0.3, 0.4) is 0 Å². The van der Waals surface area contributed by atoms with Crippen molar-refractivity contribution in [3.63, 3.8) is 0 Å². The van der Waals surface area contributed by atoms with E-state index in [9.17, 15) is 9.59 Å². The van der Waals surface area contributed by atoms with Crippen molar-refractivity contribution in [2.75, 3.05) is 5.32 Å². The monoisotopic (exact) mass is 342 g/mol. The van der Waals surface area contributed by atoms with Crippen LogP contribution in [0.2, 0.25) is 0 Å². The molecule has 0 saturated heterocycles. The quantitative estimate of drug-likeness (QED) is 0.783. The molecule has 0 aliphatic heterocycles. The van der Waals surface area contributed by atoms with Crippen LogP contribution in [0.15, 0.2) is 24.3 Å². The van der Waals surface area contributed by atoms with Crippen LogP contribution in [0, 0.1) is 23.7 Å². The Bertz CT molecular complexity index is 628. The number of anilines is 1. The molecule has 2 saturated carbocycles. The Kier molecular flexibility index (Phi) is 5.77. The molecule has 2 N–H and O–H groups in total. The van der Waals surface area contributed by atoms with Crippen LogP contribution in [-0.4, -0.2) is 11.8 Å². The summed E-state index contributed by atoms with van der Waals surface area (Å²) < 4.78 is 0. The van der Waals surface area contributed by atoms with Gasteiger partial charge >= 0.3 is 0 Å². The first-order valence-corrected chi connectivity index (χ1v) is 9.71. The van der Waals surface area contributed by atoms with Crippen molar-refractivity contribution in [3.05, 3.63) is 29.8 Å². The smallest absolute Gasteiger partial charge is 0.227 e. The lowest BCUT2D eigenvalue weighted by molar-refractivity contribution is -0.122. The molecule has 2 aliphatic rings. The number of fused-ring (bicyclic) bond motifs is 2. The molecule has 0 unspecified atom stereocenters. The lowest BCUT2D eigenvalue weighted by Gasteiger charge is -2.21. The summed E-state index contributed by atoms with van der Waals surface area (Å²) in [7, 11) is 0. The lowest BCUT2D eigenvalue weighted by Crippen LogP contribution is -2.27. The molecule has 0 radical (unpaired) electrons. The second-order valence-corrected chi connectivity index (χ2v) is 7.91. The SMILES string of the molecule is CC[C@H](C)C(=O)Nc1cccc(CNC(=O)C[C@@H]2C[C@@H]3CC[C@@H]2C3)c1. The predicted octanol–water partition coefficient (Wildman–Crippen LogP) is 4.11. The maximum absolute atomic E-state index is 12.3. The van der Waals surface area contributed by atoms with Gasteiger partial charge in [0.05, 0.1) is 0 Å². The fourth-order valence-electron chi connectivity index (χ4n) is 4.35. The molecule has 2 fully saturated rings. The molecule has 136 valence electrons. The van der Waals surface area contributed by atoms with Gasteiger partial charge in [-0.05, 0) is 61.1 Å². The number of nitrogens with one attached hydrogen (secondary N) is 2. The van der Waals surface area contributed by atoms with E-state index < -0.39 is 0 Å². The molecule has 2 amide bonds. The van der Waals surface area contributed by atoms with E-state index in [0.29, 0.717) is 18.9 Å². The number of benzene rings is 1. The molecule has 1 aromatic carbocycles. The van der Waals surface area contributed by atoms with E-state index in [1.54, 1.807) is 0 Å². The van der Waals surface area contributed by atoms with Crippen molar-refractivity contribution < 1.29 is 9.59 Å². The first-order chi connectivity index (χ1) is 12.0. The molecule has 4 heteroatoms. The maximum atomic E-state index is 12.3. The summed E-state index contributed by atoms with van der Waals surface area (Å²) in [6.07, 6.45) is 6.78. The third kappa shape index (κ3) is 4.62. The van der Waals surface area contributed by atoms with E-state index in [1.165, 1.54) is 25.7 Å². The molecule has 3 rings (SSSR count). The number of carbonyl (C=O) groups is 2. The van der Waals surface area contributed by atoms with Crippen LogP contribution in [0.5, 0.6) is 0 Å². The molecule has 1 aromatic rings. The standard InChI is InChI=1S/C21H30N2O2/c1-3-14(2)21(25)23-19-6-4-5-16(11-19)13-22-20(24)12-18-10-15-7-8-17(18)9-15/h4-6,11,14-15,17-18H,3,7-10,12-13H2,1-2H3,(H,22,24)(H,23,25)/t14-,15+,17+,18-/m0/s1. The molecule has 4 atom stereocenters. The van der Waals surface area contributed by atoms with Crippen LogP contribution < -0.4 is 10.6 Å². The summed E-state index contributed by atoms with van der Waals surface area (Å²) in [6.45, 7) is 4.45. The van der Waals surface area contributed by atoms with E-state index >= 15 is 0 Å². The Balaban J connectivity index is 1.47.